The Hall–Kier alpha value is -2.24. The highest BCUT2D eigenvalue weighted by Gasteiger charge is 2.17. The van der Waals surface area contributed by atoms with E-state index in [0.29, 0.717) is 10.8 Å². The lowest BCUT2D eigenvalue weighted by Gasteiger charge is -2.34. The van der Waals surface area contributed by atoms with Gasteiger partial charge in [0.05, 0.1) is 0 Å². The molecule has 1 aliphatic rings. The second kappa shape index (κ2) is 8.63. The molecule has 0 saturated carbocycles. The van der Waals surface area contributed by atoms with Gasteiger partial charge in [0.25, 0.3) is 5.91 Å². The standard InChI is InChI=1S/C21H26ClN3O2/c1-15-14-17(22)4-9-20(15)27-16(2)21(26)23-18-5-7-19(8-6-18)25-12-10-24(3)11-13-25/h4-9,14,16H,10-13H2,1-3H3,(H,23,26). The zero-order valence-electron chi connectivity index (χ0n) is 16.0. The number of rotatable bonds is 5. The van der Waals surface area contributed by atoms with Crippen molar-refractivity contribution in [1.82, 2.24) is 4.90 Å². The molecule has 1 N–H and O–H groups in total. The van der Waals surface area contributed by atoms with Gasteiger partial charge in [-0.15, -0.1) is 0 Å². The Balaban J connectivity index is 1.57. The van der Waals surface area contributed by atoms with E-state index in [9.17, 15) is 4.79 Å². The van der Waals surface area contributed by atoms with Gasteiger partial charge >= 0.3 is 0 Å². The van der Waals surface area contributed by atoms with Crippen molar-refractivity contribution in [3.05, 3.63) is 53.1 Å². The molecular weight excluding hydrogens is 362 g/mol. The number of nitrogens with zero attached hydrogens (tertiary/aromatic N) is 2. The van der Waals surface area contributed by atoms with Crippen LogP contribution in [0.2, 0.25) is 5.02 Å². The van der Waals surface area contributed by atoms with Crippen molar-refractivity contribution in [3.8, 4) is 5.75 Å². The van der Waals surface area contributed by atoms with E-state index in [2.05, 4.69) is 34.3 Å². The average molecular weight is 388 g/mol. The van der Waals surface area contributed by atoms with Gasteiger partial charge in [-0.3, -0.25) is 4.79 Å². The minimum absolute atomic E-state index is 0.184. The van der Waals surface area contributed by atoms with Gasteiger partial charge in [0.1, 0.15) is 5.75 Å². The van der Waals surface area contributed by atoms with Crippen LogP contribution < -0.4 is 15.0 Å². The topological polar surface area (TPSA) is 44.8 Å². The number of halogens is 1. The highest BCUT2D eigenvalue weighted by molar-refractivity contribution is 6.30. The number of amides is 1. The predicted octanol–water partition coefficient (Wildman–Crippen LogP) is 3.81. The van der Waals surface area contributed by atoms with E-state index in [-0.39, 0.29) is 5.91 Å². The van der Waals surface area contributed by atoms with Crippen molar-refractivity contribution in [2.45, 2.75) is 20.0 Å². The molecule has 1 fully saturated rings. The molecule has 1 saturated heterocycles. The normalized spacial score (nSPS) is 16.1. The van der Waals surface area contributed by atoms with Gasteiger partial charge in [0.15, 0.2) is 6.10 Å². The number of hydrogen-bond acceptors (Lipinski definition) is 4. The summed E-state index contributed by atoms with van der Waals surface area (Å²) in [5.74, 6) is 0.476. The van der Waals surface area contributed by atoms with Crippen molar-refractivity contribution in [2.24, 2.45) is 0 Å². The van der Waals surface area contributed by atoms with Crippen LogP contribution in [0.25, 0.3) is 0 Å². The van der Waals surface area contributed by atoms with Crippen LogP contribution in [0.15, 0.2) is 42.5 Å². The maximum atomic E-state index is 12.4. The molecule has 0 aromatic heterocycles. The lowest BCUT2D eigenvalue weighted by molar-refractivity contribution is -0.122. The van der Waals surface area contributed by atoms with Gasteiger partial charge < -0.3 is 19.9 Å². The third kappa shape index (κ3) is 5.15. The Labute approximate surface area is 165 Å². The molecule has 1 heterocycles. The second-order valence-electron chi connectivity index (χ2n) is 7.00. The molecule has 0 bridgehead atoms. The van der Waals surface area contributed by atoms with E-state index >= 15 is 0 Å². The number of nitrogens with one attached hydrogen (secondary N) is 1. The summed E-state index contributed by atoms with van der Waals surface area (Å²) in [7, 11) is 2.14. The van der Waals surface area contributed by atoms with Gasteiger partial charge in [-0.05, 0) is 68.9 Å². The first-order valence-electron chi connectivity index (χ1n) is 9.19. The van der Waals surface area contributed by atoms with E-state index in [1.165, 1.54) is 5.69 Å². The van der Waals surface area contributed by atoms with Gasteiger partial charge in [0, 0.05) is 42.6 Å². The molecule has 6 heteroatoms. The zero-order chi connectivity index (χ0) is 19.4. The average Bonchev–Trinajstić information content (AvgIpc) is 2.65. The SMILES string of the molecule is Cc1cc(Cl)ccc1OC(C)C(=O)Nc1ccc(N2CCN(C)CC2)cc1. The third-order valence-corrected chi connectivity index (χ3v) is 5.05. The Bertz CT molecular complexity index is 787. The fourth-order valence-corrected chi connectivity index (χ4v) is 3.28. The zero-order valence-corrected chi connectivity index (χ0v) is 16.8. The molecule has 2 aromatic rings. The Morgan fingerprint density at radius 3 is 2.41 bits per heavy atom. The van der Waals surface area contributed by atoms with Gasteiger partial charge in [0.2, 0.25) is 0 Å². The van der Waals surface area contributed by atoms with Crippen LogP contribution in [0.3, 0.4) is 0 Å². The maximum Gasteiger partial charge on any atom is 0.265 e. The molecule has 0 aliphatic carbocycles. The summed E-state index contributed by atoms with van der Waals surface area (Å²) >= 11 is 5.96. The van der Waals surface area contributed by atoms with Crippen LogP contribution in [-0.4, -0.2) is 50.1 Å². The fraction of sp³-hybridized carbons (Fsp3) is 0.381. The summed E-state index contributed by atoms with van der Waals surface area (Å²) < 4.78 is 5.78. The molecule has 1 atom stereocenters. The second-order valence-corrected chi connectivity index (χ2v) is 7.43. The number of likely N-dealkylation sites (N-methyl/N-ethyl adjacent to an activating group) is 1. The van der Waals surface area contributed by atoms with Crippen molar-refractivity contribution in [2.75, 3.05) is 43.4 Å². The number of benzene rings is 2. The molecule has 0 radical (unpaired) electrons. The summed E-state index contributed by atoms with van der Waals surface area (Å²) in [5, 5.41) is 3.56. The van der Waals surface area contributed by atoms with Gasteiger partial charge in [-0.25, -0.2) is 0 Å². The van der Waals surface area contributed by atoms with Crippen LogP contribution in [0.1, 0.15) is 12.5 Å². The van der Waals surface area contributed by atoms with Crippen molar-refractivity contribution in [3.63, 3.8) is 0 Å². The van der Waals surface area contributed by atoms with Crippen LogP contribution in [0.5, 0.6) is 5.75 Å². The summed E-state index contributed by atoms with van der Waals surface area (Å²) in [6, 6.07) is 13.3. The summed E-state index contributed by atoms with van der Waals surface area (Å²) in [5.41, 5.74) is 2.85. The highest BCUT2D eigenvalue weighted by Crippen LogP contribution is 2.23. The number of piperazine rings is 1. The van der Waals surface area contributed by atoms with Crippen LogP contribution >= 0.6 is 11.6 Å². The lowest BCUT2D eigenvalue weighted by Crippen LogP contribution is -2.44. The number of carbonyl (C=O) groups is 1. The summed E-state index contributed by atoms with van der Waals surface area (Å²) in [4.78, 5) is 17.1. The molecule has 1 amide bonds. The van der Waals surface area contributed by atoms with E-state index in [0.717, 1.165) is 37.4 Å². The molecule has 1 unspecified atom stereocenters. The highest BCUT2D eigenvalue weighted by atomic mass is 35.5. The molecular formula is C21H26ClN3O2. The molecule has 27 heavy (non-hydrogen) atoms. The third-order valence-electron chi connectivity index (χ3n) is 4.81. The first kappa shape index (κ1) is 19.5. The summed E-state index contributed by atoms with van der Waals surface area (Å²) in [6.45, 7) is 7.82. The van der Waals surface area contributed by atoms with E-state index in [4.69, 9.17) is 16.3 Å². The monoisotopic (exact) mass is 387 g/mol. The fourth-order valence-electron chi connectivity index (χ4n) is 3.05. The molecule has 144 valence electrons. The van der Waals surface area contributed by atoms with Crippen LogP contribution in [0.4, 0.5) is 11.4 Å². The Morgan fingerprint density at radius 1 is 1.11 bits per heavy atom. The van der Waals surface area contributed by atoms with Crippen LogP contribution in [0, 0.1) is 6.92 Å². The number of aryl methyl sites for hydroxylation is 1. The van der Waals surface area contributed by atoms with Crippen molar-refractivity contribution < 1.29 is 9.53 Å². The molecule has 0 spiro atoms. The van der Waals surface area contributed by atoms with Gasteiger partial charge in [-0.2, -0.15) is 0 Å². The first-order chi connectivity index (χ1) is 12.9. The van der Waals surface area contributed by atoms with Gasteiger partial charge in [-0.1, -0.05) is 11.6 Å². The van der Waals surface area contributed by atoms with E-state index < -0.39 is 6.10 Å². The molecule has 1 aliphatic heterocycles. The predicted molar refractivity (Wildman–Crippen MR) is 111 cm³/mol. The number of ether oxygens (including phenoxy) is 1. The molecule has 3 rings (SSSR count). The number of carbonyl (C=O) groups excluding carboxylic acids is 1. The smallest absolute Gasteiger partial charge is 0.265 e. The van der Waals surface area contributed by atoms with Crippen molar-refractivity contribution >= 4 is 28.9 Å². The quantitative estimate of drug-likeness (QED) is 0.847. The minimum Gasteiger partial charge on any atom is -0.481 e. The van der Waals surface area contributed by atoms with E-state index in [1.54, 1.807) is 19.1 Å². The molecule has 2 aromatic carbocycles. The molecule has 5 nitrogen and oxygen atoms in total. The number of anilines is 2. The van der Waals surface area contributed by atoms with E-state index in [1.807, 2.05) is 25.1 Å². The number of hydrogen-bond donors (Lipinski definition) is 1. The Morgan fingerprint density at radius 2 is 1.78 bits per heavy atom. The minimum atomic E-state index is -0.609. The van der Waals surface area contributed by atoms with Crippen LogP contribution in [-0.2, 0) is 4.79 Å². The first-order valence-corrected chi connectivity index (χ1v) is 9.57. The largest absolute Gasteiger partial charge is 0.481 e. The lowest BCUT2D eigenvalue weighted by atomic mass is 10.2. The summed E-state index contributed by atoms with van der Waals surface area (Å²) in [6.07, 6.45) is -0.609. The Kier molecular flexibility index (Phi) is 6.24. The van der Waals surface area contributed by atoms with Crippen molar-refractivity contribution in [1.29, 1.82) is 0 Å². The maximum absolute atomic E-state index is 12.4.